The Bertz CT molecular complexity index is 1010. The number of tetrazole rings is 1. The average molecular weight is 394 g/mol. The summed E-state index contributed by atoms with van der Waals surface area (Å²) in [5.74, 6) is 0. The van der Waals surface area contributed by atoms with E-state index in [-0.39, 0.29) is 22.3 Å². The highest BCUT2D eigenvalue weighted by atomic mass is 35.5. The van der Waals surface area contributed by atoms with Gasteiger partial charge in [0.2, 0.25) is 0 Å². The number of aliphatic hydroxyl groups is 1. The van der Waals surface area contributed by atoms with Gasteiger partial charge in [-0.05, 0) is 40.3 Å². The number of hydrogen-bond acceptors (Lipinski definition) is 5. The molecule has 8 nitrogen and oxygen atoms in total. The number of benzene rings is 2. The number of nitrogens with zero attached hydrogens (tertiary/aromatic N) is 5. The highest BCUT2D eigenvalue weighted by molar-refractivity contribution is 6.37. The van der Waals surface area contributed by atoms with Gasteiger partial charge in [-0.2, -0.15) is 4.68 Å². The van der Waals surface area contributed by atoms with Gasteiger partial charge in [0.05, 0.1) is 16.7 Å². The lowest BCUT2D eigenvalue weighted by molar-refractivity contribution is 0.245. The van der Waals surface area contributed by atoms with Gasteiger partial charge in [-0.1, -0.05) is 41.4 Å². The second kappa shape index (κ2) is 7.28. The van der Waals surface area contributed by atoms with Gasteiger partial charge in [-0.15, -0.1) is 4.68 Å². The lowest BCUT2D eigenvalue weighted by Crippen LogP contribution is -2.39. The molecule has 3 aromatic rings. The van der Waals surface area contributed by atoms with Gasteiger partial charge < -0.3 is 5.11 Å². The Hall–Kier alpha value is -2.68. The maximum atomic E-state index is 12.6. The Morgan fingerprint density at radius 3 is 2.46 bits per heavy atom. The number of halogens is 2. The molecule has 1 N–H and O–H groups in total. The first-order valence-electron chi connectivity index (χ1n) is 7.41. The van der Waals surface area contributed by atoms with Crippen LogP contribution in [0.4, 0.5) is 10.5 Å². The predicted octanol–water partition coefficient (Wildman–Crippen LogP) is 2.33. The summed E-state index contributed by atoms with van der Waals surface area (Å²) in [7, 11) is 1.48. The van der Waals surface area contributed by atoms with Crippen LogP contribution in [0.25, 0.3) is 5.69 Å². The smallest absolute Gasteiger partial charge is 0.377 e. The Kier molecular flexibility index (Phi) is 5.08. The molecule has 10 heteroatoms. The molecule has 0 spiro atoms. The average Bonchev–Trinajstić information content (AvgIpc) is 3.01. The number of aliphatic hydroxyl groups excluding tert-OH is 1. The lowest BCUT2D eigenvalue weighted by Gasteiger charge is -2.16. The maximum Gasteiger partial charge on any atom is 0.377 e. The monoisotopic (exact) mass is 393 g/mol. The first-order valence-corrected chi connectivity index (χ1v) is 8.17. The molecule has 0 saturated carbocycles. The maximum absolute atomic E-state index is 12.6. The van der Waals surface area contributed by atoms with Gasteiger partial charge in [-0.25, -0.2) is 9.59 Å². The number of anilines is 1. The van der Waals surface area contributed by atoms with Gasteiger partial charge in [0.1, 0.15) is 5.69 Å². The van der Waals surface area contributed by atoms with Crippen LogP contribution in [0.2, 0.25) is 10.0 Å². The van der Waals surface area contributed by atoms with Crippen molar-refractivity contribution in [2.75, 3.05) is 11.9 Å². The molecule has 3 rings (SSSR count). The SMILES string of the molecule is CN(C(=O)n1nnn(-c2c(Cl)cccc2Cl)c1=O)c1cccc(CO)c1. The van der Waals surface area contributed by atoms with Crippen molar-refractivity contribution in [3.63, 3.8) is 0 Å². The molecule has 0 fully saturated rings. The van der Waals surface area contributed by atoms with Crippen molar-refractivity contribution >= 4 is 34.9 Å². The number of rotatable bonds is 3. The molecule has 0 aliphatic carbocycles. The van der Waals surface area contributed by atoms with Crippen LogP contribution in [0.1, 0.15) is 5.56 Å². The summed E-state index contributed by atoms with van der Waals surface area (Å²) >= 11 is 12.2. The Morgan fingerprint density at radius 1 is 1.15 bits per heavy atom. The van der Waals surface area contributed by atoms with E-state index in [9.17, 15) is 14.7 Å². The summed E-state index contributed by atoms with van der Waals surface area (Å²) in [5, 5.41) is 16.9. The van der Waals surface area contributed by atoms with Crippen molar-refractivity contribution in [3.8, 4) is 5.69 Å². The molecule has 2 aromatic carbocycles. The van der Waals surface area contributed by atoms with E-state index in [4.69, 9.17) is 23.2 Å². The third-order valence-corrected chi connectivity index (χ3v) is 4.29. The summed E-state index contributed by atoms with van der Waals surface area (Å²) in [6, 6.07) is 10.7. The van der Waals surface area contributed by atoms with E-state index >= 15 is 0 Å². The molecule has 0 atom stereocenters. The fraction of sp³-hybridized carbons (Fsp3) is 0.125. The van der Waals surface area contributed by atoms with E-state index in [0.29, 0.717) is 15.9 Å². The molecule has 0 saturated heterocycles. The number of carbonyl (C=O) groups excluding carboxylic acids is 1. The minimum absolute atomic E-state index is 0.143. The third-order valence-electron chi connectivity index (χ3n) is 3.68. The topological polar surface area (TPSA) is 93.3 Å². The largest absolute Gasteiger partial charge is 0.392 e. The van der Waals surface area contributed by atoms with Crippen LogP contribution < -0.4 is 10.6 Å². The van der Waals surface area contributed by atoms with Gasteiger partial charge in [0.25, 0.3) is 0 Å². The lowest BCUT2D eigenvalue weighted by atomic mass is 10.2. The Labute approximate surface area is 157 Å². The van der Waals surface area contributed by atoms with E-state index in [0.717, 1.165) is 4.68 Å². The zero-order valence-electron chi connectivity index (χ0n) is 13.5. The molecule has 1 heterocycles. The number of amides is 1. The van der Waals surface area contributed by atoms with E-state index in [1.54, 1.807) is 42.5 Å². The standard InChI is InChI=1S/C16H13Cl2N5O3/c1-21(11-5-2-4-10(8-11)9-24)15(25)23-16(26)22(19-20-23)14-12(17)6-3-7-13(14)18/h2-8,24H,9H2,1H3. The predicted molar refractivity (Wildman–Crippen MR) is 97.2 cm³/mol. The second-order valence-corrected chi connectivity index (χ2v) is 6.14. The molecule has 1 amide bonds. The van der Waals surface area contributed by atoms with Gasteiger partial charge >= 0.3 is 11.7 Å². The highest BCUT2D eigenvalue weighted by Crippen LogP contribution is 2.26. The van der Waals surface area contributed by atoms with Crippen LogP contribution in [0, 0.1) is 0 Å². The van der Waals surface area contributed by atoms with E-state index in [1.807, 2.05) is 0 Å². The van der Waals surface area contributed by atoms with Crippen LogP contribution in [-0.2, 0) is 6.61 Å². The van der Waals surface area contributed by atoms with Crippen molar-refractivity contribution in [1.29, 1.82) is 0 Å². The zero-order chi connectivity index (χ0) is 18.8. The van der Waals surface area contributed by atoms with Crippen LogP contribution in [0.3, 0.4) is 0 Å². The number of aromatic nitrogens is 4. The number of carbonyl (C=O) groups is 1. The van der Waals surface area contributed by atoms with Gasteiger partial charge in [0.15, 0.2) is 0 Å². The minimum Gasteiger partial charge on any atom is -0.392 e. The molecule has 0 bridgehead atoms. The molecule has 0 aliphatic heterocycles. The fourth-order valence-corrected chi connectivity index (χ4v) is 2.87. The normalized spacial score (nSPS) is 10.8. The summed E-state index contributed by atoms with van der Waals surface area (Å²) in [4.78, 5) is 26.4. The summed E-state index contributed by atoms with van der Waals surface area (Å²) in [6.45, 7) is -0.170. The Balaban J connectivity index is 1.99. The Morgan fingerprint density at radius 2 is 1.81 bits per heavy atom. The van der Waals surface area contributed by atoms with Crippen molar-refractivity contribution in [2.24, 2.45) is 0 Å². The zero-order valence-corrected chi connectivity index (χ0v) is 15.0. The minimum atomic E-state index is -0.810. The molecule has 0 radical (unpaired) electrons. The summed E-state index contributed by atoms with van der Waals surface area (Å²) in [6.07, 6.45) is 0. The first-order chi connectivity index (χ1) is 12.4. The third kappa shape index (κ3) is 3.22. The first kappa shape index (κ1) is 18.1. The van der Waals surface area contributed by atoms with Gasteiger partial charge in [-0.3, -0.25) is 4.90 Å². The van der Waals surface area contributed by atoms with Crippen molar-refractivity contribution < 1.29 is 9.90 Å². The summed E-state index contributed by atoms with van der Waals surface area (Å²) in [5.41, 5.74) is 0.444. The fourth-order valence-electron chi connectivity index (χ4n) is 2.31. The summed E-state index contributed by atoms with van der Waals surface area (Å²) < 4.78 is 1.46. The van der Waals surface area contributed by atoms with Crippen molar-refractivity contribution in [1.82, 2.24) is 19.8 Å². The highest BCUT2D eigenvalue weighted by Gasteiger charge is 2.22. The molecule has 26 heavy (non-hydrogen) atoms. The van der Waals surface area contributed by atoms with Gasteiger partial charge in [0, 0.05) is 12.7 Å². The molecule has 0 aliphatic rings. The van der Waals surface area contributed by atoms with Crippen LogP contribution in [0.5, 0.6) is 0 Å². The molecule has 0 unspecified atom stereocenters. The molecule has 1 aromatic heterocycles. The van der Waals surface area contributed by atoms with Crippen molar-refractivity contribution in [3.05, 3.63) is 68.6 Å². The molecular formula is C16H13Cl2N5O3. The van der Waals surface area contributed by atoms with Crippen LogP contribution >= 0.6 is 23.2 Å². The number of para-hydroxylation sites is 1. The molecule has 134 valence electrons. The van der Waals surface area contributed by atoms with Crippen molar-refractivity contribution in [2.45, 2.75) is 6.61 Å². The van der Waals surface area contributed by atoms with E-state index in [2.05, 4.69) is 10.4 Å². The van der Waals surface area contributed by atoms with Crippen LogP contribution in [-0.4, -0.2) is 38.0 Å². The van der Waals surface area contributed by atoms with E-state index < -0.39 is 11.7 Å². The van der Waals surface area contributed by atoms with E-state index in [1.165, 1.54) is 11.9 Å². The number of hydrogen-bond donors (Lipinski definition) is 1. The second-order valence-electron chi connectivity index (χ2n) is 5.32. The van der Waals surface area contributed by atoms with Crippen LogP contribution in [0.15, 0.2) is 47.3 Å². The molecular weight excluding hydrogens is 381 g/mol. The quantitative estimate of drug-likeness (QED) is 0.689.